The maximum Gasteiger partial charge on any atom is 0.323 e. The molecule has 0 aliphatic carbocycles. The van der Waals surface area contributed by atoms with Gasteiger partial charge >= 0.3 is 6.03 Å². The van der Waals surface area contributed by atoms with Crippen LogP contribution in [-0.2, 0) is 11.8 Å². The third-order valence-electron chi connectivity index (χ3n) is 6.07. The zero-order valence-electron chi connectivity index (χ0n) is 15.8. The van der Waals surface area contributed by atoms with Crippen LogP contribution in [0.15, 0.2) is 6.07 Å². The summed E-state index contributed by atoms with van der Waals surface area (Å²) in [4.78, 5) is 17.2. The summed E-state index contributed by atoms with van der Waals surface area (Å²) in [5.74, 6) is 1.12. The summed E-state index contributed by atoms with van der Waals surface area (Å²) < 4.78 is 7.35. The topological polar surface area (TPSA) is 62.6 Å². The summed E-state index contributed by atoms with van der Waals surface area (Å²) in [6.07, 6.45) is 7.21. The fraction of sp³-hybridized carbons (Fsp3) is 0.789. The van der Waals surface area contributed by atoms with Crippen molar-refractivity contribution in [1.82, 2.24) is 19.6 Å². The number of aryl methyl sites for hydroxylation is 1. The molecule has 0 aromatic carbocycles. The van der Waals surface area contributed by atoms with E-state index in [-0.39, 0.29) is 6.03 Å². The highest BCUT2D eigenvalue weighted by molar-refractivity contribution is 5.88. The lowest BCUT2D eigenvalue weighted by atomic mass is 9.99. The standard InChI is InChI=1S/C19H31N5O2/c1-22-18(12-17(21-22)15-6-5-11-26-14-15)20-19(25)24-10-7-16(13-24)23-8-3-2-4-9-23/h12,15-16H,2-11,13-14H2,1H3,(H,20,25). The van der Waals surface area contributed by atoms with Crippen LogP contribution in [0, 0.1) is 0 Å². The molecule has 4 rings (SSSR count). The molecule has 0 saturated carbocycles. The van der Waals surface area contributed by atoms with Gasteiger partial charge in [0.15, 0.2) is 0 Å². The van der Waals surface area contributed by atoms with Gasteiger partial charge in [-0.3, -0.25) is 14.9 Å². The maximum atomic E-state index is 12.7. The third kappa shape index (κ3) is 3.88. The average molecular weight is 361 g/mol. The van der Waals surface area contributed by atoms with Crippen molar-refractivity contribution >= 4 is 11.8 Å². The lowest BCUT2D eigenvalue weighted by Crippen LogP contribution is -2.42. The molecule has 144 valence electrons. The van der Waals surface area contributed by atoms with E-state index < -0.39 is 0 Å². The molecule has 1 aromatic heterocycles. The molecule has 0 spiro atoms. The number of carbonyl (C=O) groups is 1. The number of carbonyl (C=O) groups excluding carboxylic acids is 1. The van der Waals surface area contributed by atoms with E-state index in [1.54, 1.807) is 4.68 Å². The Morgan fingerprint density at radius 2 is 2.04 bits per heavy atom. The molecule has 26 heavy (non-hydrogen) atoms. The van der Waals surface area contributed by atoms with Gasteiger partial charge in [-0.25, -0.2) is 4.79 Å². The summed E-state index contributed by atoms with van der Waals surface area (Å²) in [5, 5.41) is 7.66. The molecule has 4 heterocycles. The summed E-state index contributed by atoms with van der Waals surface area (Å²) >= 11 is 0. The van der Waals surface area contributed by atoms with Gasteiger partial charge in [0.1, 0.15) is 5.82 Å². The quantitative estimate of drug-likeness (QED) is 0.898. The molecule has 7 nitrogen and oxygen atoms in total. The molecule has 3 saturated heterocycles. The first-order valence-electron chi connectivity index (χ1n) is 10.1. The van der Waals surface area contributed by atoms with Gasteiger partial charge in [-0.05, 0) is 45.2 Å². The van der Waals surface area contributed by atoms with Crippen molar-refractivity contribution < 1.29 is 9.53 Å². The Morgan fingerprint density at radius 3 is 2.81 bits per heavy atom. The molecule has 3 fully saturated rings. The number of rotatable bonds is 3. The fourth-order valence-corrected chi connectivity index (χ4v) is 4.48. The minimum atomic E-state index is -0.000969. The second-order valence-corrected chi connectivity index (χ2v) is 7.91. The van der Waals surface area contributed by atoms with Gasteiger partial charge in [-0.2, -0.15) is 5.10 Å². The summed E-state index contributed by atoms with van der Waals surface area (Å²) in [5.41, 5.74) is 1.02. The summed E-state index contributed by atoms with van der Waals surface area (Å²) in [6.45, 7) is 5.64. The van der Waals surface area contributed by atoms with E-state index in [1.165, 1.54) is 32.4 Å². The van der Waals surface area contributed by atoms with Crippen LogP contribution in [0.1, 0.15) is 50.1 Å². The van der Waals surface area contributed by atoms with Gasteiger partial charge in [0.05, 0.1) is 12.3 Å². The number of ether oxygens (including phenoxy) is 1. The van der Waals surface area contributed by atoms with Gasteiger partial charge in [0, 0.05) is 44.8 Å². The van der Waals surface area contributed by atoms with Crippen molar-refractivity contribution in [2.24, 2.45) is 7.05 Å². The molecule has 2 amide bonds. The molecule has 0 radical (unpaired) electrons. The van der Waals surface area contributed by atoms with E-state index in [0.29, 0.717) is 12.0 Å². The summed E-state index contributed by atoms with van der Waals surface area (Å²) in [6, 6.07) is 2.54. The van der Waals surface area contributed by atoms with Crippen LogP contribution in [0.25, 0.3) is 0 Å². The van der Waals surface area contributed by atoms with Crippen LogP contribution in [0.5, 0.6) is 0 Å². The van der Waals surface area contributed by atoms with Crippen molar-refractivity contribution in [1.29, 1.82) is 0 Å². The normalized spacial score (nSPS) is 27.7. The van der Waals surface area contributed by atoms with Crippen LogP contribution in [-0.4, -0.2) is 71.0 Å². The number of amides is 2. The first-order valence-corrected chi connectivity index (χ1v) is 10.1. The highest BCUT2D eigenvalue weighted by Crippen LogP contribution is 2.27. The Labute approximate surface area is 155 Å². The molecule has 3 aliphatic heterocycles. The van der Waals surface area contributed by atoms with Crippen LogP contribution < -0.4 is 5.32 Å². The minimum Gasteiger partial charge on any atom is -0.381 e. The van der Waals surface area contributed by atoms with Gasteiger partial charge in [-0.1, -0.05) is 6.42 Å². The highest BCUT2D eigenvalue weighted by atomic mass is 16.5. The second kappa shape index (κ2) is 7.96. The molecule has 7 heteroatoms. The number of hydrogen-bond acceptors (Lipinski definition) is 4. The van der Waals surface area contributed by atoms with Crippen molar-refractivity contribution in [3.63, 3.8) is 0 Å². The predicted molar refractivity (Wildman–Crippen MR) is 100 cm³/mol. The van der Waals surface area contributed by atoms with Gasteiger partial charge in [0.2, 0.25) is 0 Å². The zero-order valence-corrected chi connectivity index (χ0v) is 15.8. The van der Waals surface area contributed by atoms with E-state index in [9.17, 15) is 4.79 Å². The van der Waals surface area contributed by atoms with Gasteiger partial charge < -0.3 is 9.64 Å². The average Bonchev–Trinajstić information content (AvgIpc) is 3.31. The van der Waals surface area contributed by atoms with Crippen LogP contribution in [0.4, 0.5) is 10.6 Å². The second-order valence-electron chi connectivity index (χ2n) is 7.91. The van der Waals surface area contributed by atoms with E-state index >= 15 is 0 Å². The van der Waals surface area contributed by atoms with Crippen LogP contribution in [0.3, 0.4) is 0 Å². The number of urea groups is 1. The SMILES string of the molecule is Cn1nc(C2CCCOC2)cc1NC(=O)N1CCC(N2CCCCC2)C1. The fourth-order valence-electron chi connectivity index (χ4n) is 4.48. The molecular formula is C19H31N5O2. The Morgan fingerprint density at radius 1 is 1.19 bits per heavy atom. The number of likely N-dealkylation sites (tertiary alicyclic amines) is 2. The van der Waals surface area contributed by atoms with Crippen molar-refractivity contribution in [3.05, 3.63) is 11.8 Å². The minimum absolute atomic E-state index is 0.000969. The number of nitrogens with one attached hydrogen (secondary N) is 1. The van der Waals surface area contributed by atoms with E-state index in [4.69, 9.17) is 4.74 Å². The van der Waals surface area contributed by atoms with E-state index in [1.807, 2.05) is 18.0 Å². The molecular weight excluding hydrogens is 330 g/mol. The van der Waals surface area contributed by atoms with Crippen molar-refractivity contribution in [3.8, 4) is 0 Å². The van der Waals surface area contributed by atoms with Crippen LogP contribution >= 0.6 is 0 Å². The highest BCUT2D eigenvalue weighted by Gasteiger charge is 2.31. The Bertz CT molecular complexity index is 619. The number of piperidine rings is 1. The van der Waals surface area contributed by atoms with Gasteiger partial charge in [0.25, 0.3) is 0 Å². The summed E-state index contributed by atoms with van der Waals surface area (Å²) in [7, 11) is 1.89. The molecule has 0 bridgehead atoms. The van der Waals surface area contributed by atoms with E-state index in [2.05, 4.69) is 15.3 Å². The smallest absolute Gasteiger partial charge is 0.323 e. The molecule has 3 aliphatic rings. The molecule has 1 aromatic rings. The Hall–Kier alpha value is -1.60. The Balaban J connectivity index is 1.34. The lowest BCUT2D eigenvalue weighted by Gasteiger charge is -2.32. The largest absolute Gasteiger partial charge is 0.381 e. The van der Waals surface area contributed by atoms with Crippen LogP contribution in [0.2, 0.25) is 0 Å². The van der Waals surface area contributed by atoms with Crippen molar-refractivity contribution in [2.45, 2.75) is 50.5 Å². The van der Waals surface area contributed by atoms with Crippen molar-refractivity contribution in [2.75, 3.05) is 44.7 Å². The molecule has 1 N–H and O–H groups in total. The Kier molecular flexibility index (Phi) is 5.45. The monoisotopic (exact) mass is 361 g/mol. The third-order valence-corrected chi connectivity index (χ3v) is 6.07. The number of hydrogen-bond donors (Lipinski definition) is 1. The molecule has 2 unspecified atom stereocenters. The first-order chi connectivity index (χ1) is 12.7. The van der Waals surface area contributed by atoms with E-state index in [0.717, 1.165) is 57.1 Å². The number of nitrogens with zero attached hydrogens (tertiary/aromatic N) is 4. The zero-order chi connectivity index (χ0) is 17.9. The number of anilines is 1. The molecule has 2 atom stereocenters. The predicted octanol–water partition coefficient (Wildman–Crippen LogP) is 2.41. The lowest BCUT2D eigenvalue weighted by molar-refractivity contribution is 0.0791. The maximum absolute atomic E-state index is 12.7. The van der Waals surface area contributed by atoms with Gasteiger partial charge in [-0.15, -0.1) is 0 Å². The first kappa shape index (κ1) is 17.8. The number of aromatic nitrogens is 2.